The number of carbonyl (C=O) groups is 1. The summed E-state index contributed by atoms with van der Waals surface area (Å²) >= 11 is 0. The Balaban J connectivity index is 1.86. The van der Waals surface area contributed by atoms with Gasteiger partial charge in [0.05, 0.1) is 16.7 Å². The van der Waals surface area contributed by atoms with Crippen molar-refractivity contribution in [1.29, 1.82) is 0 Å². The summed E-state index contributed by atoms with van der Waals surface area (Å²) in [6, 6.07) is 15.8. The van der Waals surface area contributed by atoms with Crippen molar-refractivity contribution in [3.05, 3.63) is 95.1 Å². The average Bonchev–Trinajstić information content (AvgIpc) is 2.71. The molecule has 0 fully saturated rings. The summed E-state index contributed by atoms with van der Waals surface area (Å²) in [6.07, 6.45) is -10.0. The first-order valence-electron chi connectivity index (χ1n) is 8.90. The van der Waals surface area contributed by atoms with Crippen molar-refractivity contribution in [2.75, 3.05) is 5.32 Å². The van der Waals surface area contributed by atoms with Crippen LogP contribution in [-0.4, -0.2) is 5.91 Å². The van der Waals surface area contributed by atoms with Crippen molar-refractivity contribution >= 4 is 11.6 Å². The molecule has 0 radical (unpaired) electrons. The number of benzene rings is 3. The Labute approximate surface area is 173 Å². The second-order valence-corrected chi connectivity index (χ2v) is 6.52. The minimum Gasteiger partial charge on any atom is -0.488 e. The van der Waals surface area contributed by atoms with E-state index in [4.69, 9.17) is 4.74 Å². The van der Waals surface area contributed by atoms with E-state index in [0.29, 0.717) is 12.1 Å². The molecule has 0 aliphatic heterocycles. The van der Waals surface area contributed by atoms with E-state index in [2.05, 4.69) is 5.32 Å². The molecule has 0 spiro atoms. The predicted octanol–water partition coefficient (Wildman–Crippen LogP) is 6.56. The first-order chi connectivity index (χ1) is 14.5. The van der Waals surface area contributed by atoms with Crippen LogP contribution in [0.15, 0.2) is 72.8 Å². The second kappa shape index (κ2) is 8.71. The zero-order valence-corrected chi connectivity index (χ0v) is 15.7. The number of amides is 1. The number of hydrogen-bond acceptors (Lipinski definition) is 2. The van der Waals surface area contributed by atoms with Crippen LogP contribution in [0.4, 0.5) is 32.0 Å². The van der Waals surface area contributed by atoms with Crippen LogP contribution in [0.2, 0.25) is 0 Å². The summed E-state index contributed by atoms with van der Waals surface area (Å²) in [7, 11) is 0. The van der Waals surface area contributed by atoms with Gasteiger partial charge in [0.1, 0.15) is 12.4 Å². The Hall–Kier alpha value is -3.49. The third kappa shape index (κ3) is 5.78. The highest BCUT2D eigenvalue weighted by Gasteiger charge is 2.37. The van der Waals surface area contributed by atoms with Crippen molar-refractivity contribution in [1.82, 2.24) is 0 Å². The van der Waals surface area contributed by atoms with Gasteiger partial charge in [-0.1, -0.05) is 42.5 Å². The van der Waals surface area contributed by atoms with E-state index >= 15 is 0 Å². The lowest BCUT2D eigenvalue weighted by Crippen LogP contribution is -2.16. The largest absolute Gasteiger partial charge is 0.488 e. The van der Waals surface area contributed by atoms with Gasteiger partial charge in [0, 0.05) is 5.69 Å². The fourth-order valence-corrected chi connectivity index (χ4v) is 2.74. The molecule has 0 unspecified atom stereocenters. The van der Waals surface area contributed by atoms with E-state index in [9.17, 15) is 31.1 Å². The molecule has 0 saturated heterocycles. The molecule has 0 aliphatic rings. The van der Waals surface area contributed by atoms with E-state index in [-0.39, 0.29) is 24.0 Å². The molecular weight excluding hydrogens is 424 g/mol. The number of carbonyl (C=O) groups excluding carboxylic acids is 1. The lowest BCUT2D eigenvalue weighted by molar-refractivity contribution is -0.143. The van der Waals surface area contributed by atoms with E-state index < -0.39 is 35.1 Å². The van der Waals surface area contributed by atoms with Gasteiger partial charge in [0.25, 0.3) is 5.91 Å². The number of ether oxygens (including phenoxy) is 1. The first-order valence-corrected chi connectivity index (χ1v) is 8.90. The maximum atomic E-state index is 13.0. The van der Waals surface area contributed by atoms with Crippen LogP contribution in [0.1, 0.15) is 27.0 Å². The Morgan fingerprint density at radius 2 is 1.32 bits per heavy atom. The van der Waals surface area contributed by atoms with Gasteiger partial charge in [-0.05, 0) is 35.9 Å². The molecule has 0 aromatic heterocycles. The molecule has 1 N–H and O–H groups in total. The van der Waals surface area contributed by atoms with Crippen molar-refractivity contribution in [3.8, 4) is 5.75 Å². The van der Waals surface area contributed by atoms with Crippen LogP contribution in [0, 0.1) is 0 Å². The number of hydrogen-bond donors (Lipinski definition) is 1. The van der Waals surface area contributed by atoms with E-state index in [1.54, 1.807) is 30.3 Å². The molecule has 31 heavy (non-hydrogen) atoms. The minimum absolute atomic E-state index is 0.00737. The van der Waals surface area contributed by atoms with Crippen LogP contribution in [0.3, 0.4) is 0 Å². The number of nitrogens with one attached hydrogen (secondary N) is 1. The highest BCUT2D eigenvalue weighted by atomic mass is 19.4. The van der Waals surface area contributed by atoms with Crippen molar-refractivity contribution < 1.29 is 35.9 Å². The highest BCUT2D eigenvalue weighted by molar-refractivity contribution is 6.06. The molecule has 0 heterocycles. The van der Waals surface area contributed by atoms with Gasteiger partial charge in [-0.25, -0.2) is 0 Å². The molecule has 0 aliphatic carbocycles. The maximum absolute atomic E-state index is 13.0. The number of alkyl halides is 6. The van der Waals surface area contributed by atoms with Gasteiger partial charge in [-0.2, -0.15) is 26.3 Å². The second-order valence-electron chi connectivity index (χ2n) is 6.52. The fourth-order valence-electron chi connectivity index (χ4n) is 2.74. The zero-order valence-electron chi connectivity index (χ0n) is 15.7. The van der Waals surface area contributed by atoms with Crippen molar-refractivity contribution in [2.24, 2.45) is 0 Å². The quantitative estimate of drug-likeness (QED) is 0.458. The van der Waals surface area contributed by atoms with E-state index in [1.165, 1.54) is 18.2 Å². The average molecular weight is 439 g/mol. The Kier molecular flexibility index (Phi) is 6.24. The summed E-state index contributed by atoms with van der Waals surface area (Å²) in [5.41, 5.74) is -2.91. The Bertz CT molecular complexity index is 1030. The summed E-state index contributed by atoms with van der Waals surface area (Å²) < 4.78 is 83.7. The van der Waals surface area contributed by atoms with Crippen LogP contribution < -0.4 is 10.1 Å². The molecule has 1 amide bonds. The van der Waals surface area contributed by atoms with Gasteiger partial charge >= 0.3 is 12.4 Å². The van der Waals surface area contributed by atoms with Gasteiger partial charge in [-0.15, -0.1) is 0 Å². The van der Waals surface area contributed by atoms with Crippen LogP contribution >= 0.6 is 0 Å². The normalized spacial score (nSPS) is 11.8. The fraction of sp³-hybridized carbons (Fsp3) is 0.136. The summed E-state index contributed by atoms with van der Waals surface area (Å²) in [6.45, 7) is 0.118. The monoisotopic (exact) mass is 439 g/mol. The van der Waals surface area contributed by atoms with Crippen LogP contribution in [0.25, 0.3) is 0 Å². The van der Waals surface area contributed by atoms with Crippen LogP contribution in [0.5, 0.6) is 5.75 Å². The molecule has 3 nitrogen and oxygen atoms in total. The summed E-state index contributed by atoms with van der Waals surface area (Å²) in [4.78, 5) is 12.6. The Morgan fingerprint density at radius 3 is 1.90 bits per heavy atom. The lowest BCUT2D eigenvalue weighted by Gasteiger charge is -2.16. The third-order valence-corrected chi connectivity index (χ3v) is 4.21. The number of halogens is 6. The molecule has 9 heteroatoms. The lowest BCUT2D eigenvalue weighted by atomic mass is 10.1. The van der Waals surface area contributed by atoms with Crippen molar-refractivity contribution in [3.63, 3.8) is 0 Å². The first kappa shape index (κ1) is 22.2. The third-order valence-electron chi connectivity index (χ3n) is 4.21. The molecule has 0 atom stereocenters. The van der Waals surface area contributed by atoms with Gasteiger partial charge in [0.2, 0.25) is 0 Å². The summed E-state index contributed by atoms with van der Waals surface area (Å²) in [5, 5.41) is 2.10. The molecule has 0 saturated carbocycles. The highest BCUT2D eigenvalue weighted by Crippen LogP contribution is 2.37. The van der Waals surface area contributed by atoms with E-state index in [0.717, 1.165) is 5.56 Å². The molecular formula is C22H15F6NO2. The van der Waals surface area contributed by atoms with Crippen LogP contribution in [-0.2, 0) is 19.0 Å². The summed E-state index contributed by atoms with van der Waals surface area (Å²) in [5.74, 6) is -0.775. The SMILES string of the molecule is O=C(Nc1cc(C(F)(F)F)cc(C(F)(F)F)c1)c1ccccc1OCc1ccccc1. The van der Waals surface area contributed by atoms with Crippen molar-refractivity contribution in [2.45, 2.75) is 19.0 Å². The van der Waals surface area contributed by atoms with Gasteiger partial charge in [0.15, 0.2) is 0 Å². The molecule has 3 aromatic rings. The number of rotatable bonds is 5. The molecule has 0 bridgehead atoms. The zero-order chi connectivity index (χ0) is 22.6. The maximum Gasteiger partial charge on any atom is 0.416 e. The smallest absolute Gasteiger partial charge is 0.416 e. The predicted molar refractivity (Wildman–Crippen MR) is 102 cm³/mol. The minimum atomic E-state index is -5.02. The standard InChI is InChI=1S/C22H15F6NO2/c23-21(24,25)15-10-16(22(26,27)28)12-17(11-15)29-20(30)18-8-4-5-9-19(18)31-13-14-6-2-1-3-7-14/h1-12H,13H2,(H,29,30). The molecule has 3 aromatic carbocycles. The van der Waals surface area contributed by atoms with E-state index in [1.807, 2.05) is 6.07 Å². The topological polar surface area (TPSA) is 38.3 Å². The molecule has 3 rings (SSSR count). The number of anilines is 1. The Morgan fingerprint density at radius 1 is 0.774 bits per heavy atom. The number of para-hydroxylation sites is 1. The van der Waals surface area contributed by atoms with Gasteiger partial charge < -0.3 is 10.1 Å². The molecule has 162 valence electrons. The van der Waals surface area contributed by atoms with Gasteiger partial charge in [-0.3, -0.25) is 4.79 Å².